The van der Waals surface area contributed by atoms with Gasteiger partial charge in [-0.25, -0.2) is 4.98 Å². The van der Waals surface area contributed by atoms with E-state index >= 15 is 0 Å². The van der Waals surface area contributed by atoms with Crippen molar-refractivity contribution in [1.82, 2.24) is 29.9 Å². The van der Waals surface area contributed by atoms with Crippen LogP contribution < -0.4 is 0 Å². The first-order chi connectivity index (χ1) is 13.3. The number of benzene rings is 1. The Balaban J connectivity index is 1.28. The summed E-state index contributed by atoms with van der Waals surface area (Å²) >= 11 is 0. The van der Waals surface area contributed by atoms with Crippen LogP contribution >= 0.6 is 0 Å². The van der Waals surface area contributed by atoms with Crippen LogP contribution in [0.15, 0.2) is 36.7 Å². The molecule has 0 radical (unpaired) electrons. The molecule has 2 aliphatic rings. The maximum Gasteiger partial charge on any atom is 0.274 e. The number of amides is 1. The number of carbonyl (C=O) groups is 1. The summed E-state index contributed by atoms with van der Waals surface area (Å²) < 4.78 is 1.95. The normalized spacial score (nSPS) is 20.1. The number of carbonyl (C=O) groups excluding carboxylic acids is 1. The highest BCUT2D eigenvalue weighted by molar-refractivity contribution is 5.93. The lowest BCUT2D eigenvalue weighted by molar-refractivity contribution is 0.0653. The first kappa shape index (κ1) is 16.4. The molecule has 5 rings (SSSR count). The number of rotatable bonds is 4. The zero-order chi connectivity index (χ0) is 18.2. The number of piperidine rings is 1. The van der Waals surface area contributed by atoms with Crippen LogP contribution in [0.25, 0.3) is 11.0 Å². The van der Waals surface area contributed by atoms with Gasteiger partial charge in [0.15, 0.2) is 0 Å². The third kappa shape index (κ3) is 3.41. The highest BCUT2D eigenvalue weighted by atomic mass is 16.2. The van der Waals surface area contributed by atoms with Crippen molar-refractivity contribution in [3.8, 4) is 0 Å². The molecule has 0 unspecified atom stereocenters. The van der Waals surface area contributed by atoms with Crippen LogP contribution in [-0.2, 0) is 6.54 Å². The van der Waals surface area contributed by atoms with Crippen LogP contribution in [0, 0.1) is 5.92 Å². The predicted molar refractivity (Wildman–Crippen MR) is 100 cm³/mol. The Morgan fingerprint density at radius 3 is 2.85 bits per heavy atom. The molecule has 0 spiro atoms. The monoisotopic (exact) mass is 362 g/mol. The smallest absolute Gasteiger partial charge is 0.274 e. The molecule has 1 aliphatic heterocycles. The van der Waals surface area contributed by atoms with Crippen molar-refractivity contribution < 1.29 is 4.79 Å². The van der Waals surface area contributed by atoms with Gasteiger partial charge in [-0.1, -0.05) is 17.3 Å². The number of likely N-dealkylation sites (tertiary alicyclic amines) is 1. The Morgan fingerprint density at radius 2 is 2.00 bits per heavy atom. The van der Waals surface area contributed by atoms with Crippen LogP contribution in [0.5, 0.6) is 0 Å². The summed E-state index contributed by atoms with van der Waals surface area (Å²) in [7, 11) is 0. The molecular formula is C20H22N6O. The largest absolute Gasteiger partial charge is 0.337 e. The van der Waals surface area contributed by atoms with E-state index in [0.29, 0.717) is 17.5 Å². The minimum atomic E-state index is -0.0322. The molecule has 138 valence electrons. The van der Waals surface area contributed by atoms with E-state index in [-0.39, 0.29) is 5.91 Å². The van der Waals surface area contributed by atoms with Crippen LogP contribution in [0.4, 0.5) is 0 Å². The Bertz CT molecular complexity index is 979. The molecule has 1 amide bonds. The Morgan fingerprint density at radius 1 is 1.15 bits per heavy atom. The topological polar surface area (TPSA) is 76.8 Å². The molecule has 7 heteroatoms. The van der Waals surface area contributed by atoms with Gasteiger partial charge < -0.3 is 4.90 Å². The fourth-order valence-corrected chi connectivity index (χ4v) is 3.85. The van der Waals surface area contributed by atoms with Gasteiger partial charge in [-0.05, 0) is 43.7 Å². The van der Waals surface area contributed by atoms with Gasteiger partial charge in [-0.15, -0.1) is 5.10 Å². The molecule has 2 fully saturated rings. The van der Waals surface area contributed by atoms with Crippen LogP contribution in [-0.4, -0.2) is 48.9 Å². The average Bonchev–Trinajstić information content (AvgIpc) is 3.47. The van der Waals surface area contributed by atoms with Crippen LogP contribution in [0.3, 0.4) is 0 Å². The molecule has 3 aromatic rings. The number of hydrogen-bond donors (Lipinski definition) is 0. The summed E-state index contributed by atoms with van der Waals surface area (Å²) in [5.41, 5.74) is 3.10. The Hall–Kier alpha value is -2.83. The zero-order valence-electron chi connectivity index (χ0n) is 15.2. The van der Waals surface area contributed by atoms with E-state index in [9.17, 15) is 4.79 Å². The standard InChI is InChI=1S/C20H22N6O/c27-20(18-10-21-16-5-1-2-6-17(16)22-18)25-9-3-4-14(11-25)12-26-13-19(23-24-26)15-7-8-15/h1-2,5-6,10,13-15H,3-4,7-9,11-12H2/t14-/m1/s1. The van der Waals surface area contributed by atoms with Crippen molar-refractivity contribution in [2.24, 2.45) is 5.92 Å². The molecule has 7 nitrogen and oxygen atoms in total. The number of aromatic nitrogens is 5. The van der Waals surface area contributed by atoms with E-state index < -0.39 is 0 Å². The van der Waals surface area contributed by atoms with E-state index in [4.69, 9.17) is 0 Å². The number of hydrogen-bond acceptors (Lipinski definition) is 5. The lowest BCUT2D eigenvalue weighted by Gasteiger charge is -2.32. The van der Waals surface area contributed by atoms with Crippen molar-refractivity contribution in [1.29, 1.82) is 0 Å². The Kier molecular flexibility index (Phi) is 4.07. The third-order valence-corrected chi connectivity index (χ3v) is 5.47. The van der Waals surface area contributed by atoms with Crippen molar-refractivity contribution in [3.63, 3.8) is 0 Å². The van der Waals surface area contributed by atoms with Crippen molar-refractivity contribution in [3.05, 3.63) is 48.0 Å². The quantitative estimate of drug-likeness (QED) is 0.713. The molecule has 1 saturated heterocycles. The maximum atomic E-state index is 12.9. The van der Waals surface area contributed by atoms with Crippen molar-refractivity contribution in [2.45, 2.75) is 38.1 Å². The number of fused-ring (bicyclic) bond motifs is 1. The van der Waals surface area contributed by atoms with E-state index in [1.54, 1.807) is 6.20 Å². The summed E-state index contributed by atoms with van der Waals surface area (Å²) in [5, 5.41) is 8.56. The van der Waals surface area contributed by atoms with Crippen LogP contribution in [0.2, 0.25) is 0 Å². The summed E-state index contributed by atoms with van der Waals surface area (Å²) in [6.45, 7) is 2.31. The minimum absolute atomic E-state index is 0.0322. The molecule has 0 bridgehead atoms. The van der Waals surface area contributed by atoms with E-state index in [0.717, 1.165) is 49.2 Å². The Labute approximate surface area is 157 Å². The van der Waals surface area contributed by atoms with Crippen molar-refractivity contribution in [2.75, 3.05) is 13.1 Å². The summed E-state index contributed by atoms with van der Waals surface area (Å²) in [4.78, 5) is 23.7. The van der Waals surface area contributed by atoms with Gasteiger partial charge in [0.1, 0.15) is 5.69 Å². The van der Waals surface area contributed by atoms with E-state index in [1.807, 2.05) is 33.8 Å². The minimum Gasteiger partial charge on any atom is -0.337 e. The second-order valence-corrected chi connectivity index (χ2v) is 7.64. The molecule has 1 saturated carbocycles. The van der Waals surface area contributed by atoms with Gasteiger partial charge in [0.25, 0.3) is 5.91 Å². The molecule has 27 heavy (non-hydrogen) atoms. The first-order valence-corrected chi connectivity index (χ1v) is 9.67. The average molecular weight is 362 g/mol. The highest BCUT2D eigenvalue weighted by Gasteiger charge is 2.28. The molecule has 1 atom stereocenters. The van der Waals surface area contributed by atoms with Gasteiger partial charge >= 0.3 is 0 Å². The van der Waals surface area contributed by atoms with E-state index in [1.165, 1.54) is 12.8 Å². The first-order valence-electron chi connectivity index (χ1n) is 9.67. The second-order valence-electron chi connectivity index (χ2n) is 7.64. The van der Waals surface area contributed by atoms with Gasteiger partial charge in [-0.2, -0.15) is 0 Å². The lowest BCUT2D eigenvalue weighted by Crippen LogP contribution is -2.41. The lowest BCUT2D eigenvalue weighted by atomic mass is 9.98. The summed E-state index contributed by atoms with van der Waals surface area (Å²) in [5.74, 6) is 0.981. The molecule has 1 aromatic carbocycles. The number of para-hydroxylation sites is 2. The SMILES string of the molecule is O=C(c1cnc2ccccc2n1)N1CCC[C@@H](Cn2cc(C3CC3)nn2)C1. The molecule has 0 N–H and O–H groups in total. The van der Waals surface area contributed by atoms with Gasteiger partial charge in [0.2, 0.25) is 0 Å². The molecular weight excluding hydrogens is 340 g/mol. The molecule has 1 aliphatic carbocycles. The van der Waals surface area contributed by atoms with Gasteiger partial charge in [0.05, 0.1) is 22.9 Å². The number of nitrogens with zero attached hydrogens (tertiary/aromatic N) is 6. The fourth-order valence-electron chi connectivity index (χ4n) is 3.85. The zero-order valence-corrected chi connectivity index (χ0v) is 15.2. The second kappa shape index (κ2) is 6.72. The molecule has 2 aromatic heterocycles. The highest BCUT2D eigenvalue weighted by Crippen LogP contribution is 2.38. The summed E-state index contributed by atoms with van der Waals surface area (Å²) in [6, 6.07) is 7.63. The van der Waals surface area contributed by atoms with Crippen LogP contribution in [0.1, 0.15) is 47.8 Å². The van der Waals surface area contributed by atoms with E-state index in [2.05, 4.69) is 26.5 Å². The fraction of sp³-hybridized carbons (Fsp3) is 0.450. The van der Waals surface area contributed by atoms with Crippen molar-refractivity contribution >= 4 is 16.9 Å². The predicted octanol–water partition coefficient (Wildman–Crippen LogP) is 2.65. The van der Waals surface area contributed by atoms with Gasteiger partial charge in [0, 0.05) is 31.7 Å². The third-order valence-electron chi connectivity index (χ3n) is 5.47. The molecule has 3 heterocycles. The summed E-state index contributed by atoms with van der Waals surface area (Å²) in [6.07, 6.45) is 8.24. The maximum absolute atomic E-state index is 12.9. The van der Waals surface area contributed by atoms with Gasteiger partial charge in [-0.3, -0.25) is 14.5 Å².